The van der Waals surface area contributed by atoms with Gasteiger partial charge in [-0.3, -0.25) is 9.78 Å². The van der Waals surface area contributed by atoms with Crippen LogP contribution in [0.15, 0.2) is 60.9 Å². The molecule has 4 heteroatoms. The highest BCUT2D eigenvalue weighted by Gasteiger charge is 2.23. The van der Waals surface area contributed by atoms with Crippen molar-refractivity contribution < 1.29 is 4.79 Å². The van der Waals surface area contributed by atoms with Crippen molar-refractivity contribution in [2.24, 2.45) is 5.92 Å². The molecule has 1 amide bonds. The van der Waals surface area contributed by atoms with Crippen LogP contribution < -0.4 is 5.32 Å². The van der Waals surface area contributed by atoms with Gasteiger partial charge in [-0.05, 0) is 68.2 Å². The van der Waals surface area contributed by atoms with Crippen molar-refractivity contribution in [2.45, 2.75) is 38.5 Å². The van der Waals surface area contributed by atoms with Crippen LogP contribution in [0.5, 0.6) is 0 Å². The van der Waals surface area contributed by atoms with Crippen LogP contribution in [0.25, 0.3) is 11.3 Å². The van der Waals surface area contributed by atoms with Gasteiger partial charge in [0.25, 0.3) is 5.91 Å². The minimum atomic E-state index is -0.00612. The Labute approximate surface area is 166 Å². The number of pyridine rings is 1. The van der Waals surface area contributed by atoms with Gasteiger partial charge >= 0.3 is 0 Å². The number of hydrogen-bond donors (Lipinski definition) is 2. The van der Waals surface area contributed by atoms with E-state index < -0.39 is 0 Å². The summed E-state index contributed by atoms with van der Waals surface area (Å²) in [6.07, 6.45) is 8.27. The van der Waals surface area contributed by atoms with Crippen molar-refractivity contribution in [3.63, 3.8) is 0 Å². The Morgan fingerprint density at radius 2 is 1.89 bits per heavy atom. The molecule has 0 aliphatic heterocycles. The minimum absolute atomic E-state index is 0.00612. The van der Waals surface area contributed by atoms with E-state index in [4.69, 9.17) is 0 Å². The van der Waals surface area contributed by atoms with Crippen LogP contribution in [0, 0.1) is 12.8 Å². The Morgan fingerprint density at radius 3 is 2.61 bits per heavy atom. The normalized spacial score (nSPS) is 19.3. The molecule has 0 radical (unpaired) electrons. The Morgan fingerprint density at radius 1 is 1.11 bits per heavy atom. The molecular weight excluding hydrogens is 346 g/mol. The maximum absolute atomic E-state index is 12.8. The second kappa shape index (κ2) is 8.42. The van der Waals surface area contributed by atoms with Crippen molar-refractivity contribution in [1.82, 2.24) is 15.3 Å². The lowest BCUT2D eigenvalue weighted by atomic mass is 9.78. The SMILES string of the molecule is Cc1cc(C(=O)NCC2CCC(c3ccccc3)CC2)c(-c2cccnc2)[nH]1. The second-order valence-electron chi connectivity index (χ2n) is 7.82. The molecule has 2 N–H and O–H groups in total. The summed E-state index contributed by atoms with van der Waals surface area (Å²) in [5.41, 5.74) is 4.91. The summed E-state index contributed by atoms with van der Waals surface area (Å²) < 4.78 is 0. The number of nitrogens with zero attached hydrogens (tertiary/aromatic N) is 1. The van der Waals surface area contributed by atoms with E-state index >= 15 is 0 Å². The lowest BCUT2D eigenvalue weighted by Crippen LogP contribution is -2.31. The molecule has 1 aromatic carbocycles. The highest BCUT2D eigenvalue weighted by atomic mass is 16.1. The Kier molecular flexibility index (Phi) is 5.56. The first-order chi connectivity index (χ1) is 13.7. The van der Waals surface area contributed by atoms with Crippen LogP contribution in [0.1, 0.15) is 53.2 Å². The van der Waals surface area contributed by atoms with Crippen molar-refractivity contribution in [3.05, 3.63) is 77.7 Å². The number of benzene rings is 1. The molecule has 1 aliphatic carbocycles. The third kappa shape index (κ3) is 4.16. The molecule has 0 unspecified atom stereocenters. The van der Waals surface area contributed by atoms with Crippen LogP contribution in [0.2, 0.25) is 0 Å². The van der Waals surface area contributed by atoms with Crippen LogP contribution in [-0.4, -0.2) is 22.4 Å². The van der Waals surface area contributed by atoms with E-state index in [2.05, 4.69) is 45.6 Å². The summed E-state index contributed by atoms with van der Waals surface area (Å²) in [7, 11) is 0. The molecule has 144 valence electrons. The fourth-order valence-electron chi connectivity index (χ4n) is 4.26. The van der Waals surface area contributed by atoms with E-state index in [0.717, 1.165) is 23.5 Å². The molecule has 0 atom stereocenters. The third-order valence-electron chi connectivity index (χ3n) is 5.82. The molecule has 1 aliphatic rings. The monoisotopic (exact) mass is 373 g/mol. The van der Waals surface area contributed by atoms with Crippen molar-refractivity contribution >= 4 is 5.91 Å². The van der Waals surface area contributed by atoms with Gasteiger partial charge in [0.1, 0.15) is 0 Å². The summed E-state index contributed by atoms with van der Waals surface area (Å²) in [5, 5.41) is 3.17. The van der Waals surface area contributed by atoms with Gasteiger partial charge in [-0.2, -0.15) is 0 Å². The topological polar surface area (TPSA) is 57.8 Å². The second-order valence-corrected chi connectivity index (χ2v) is 7.82. The van der Waals surface area contributed by atoms with Gasteiger partial charge in [-0.1, -0.05) is 30.3 Å². The highest BCUT2D eigenvalue weighted by Crippen LogP contribution is 2.35. The minimum Gasteiger partial charge on any atom is -0.358 e. The van der Waals surface area contributed by atoms with Gasteiger partial charge in [-0.15, -0.1) is 0 Å². The summed E-state index contributed by atoms with van der Waals surface area (Å²) in [6.45, 7) is 2.72. The van der Waals surface area contributed by atoms with Gasteiger partial charge < -0.3 is 10.3 Å². The lowest BCUT2D eigenvalue weighted by Gasteiger charge is -2.29. The quantitative estimate of drug-likeness (QED) is 0.654. The van der Waals surface area contributed by atoms with Crippen molar-refractivity contribution in [2.75, 3.05) is 6.54 Å². The fourth-order valence-corrected chi connectivity index (χ4v) is 4.26. The zero-order valence-electron chi connectivity index (χ0n) is 16.3. The summed E-state index contributed by atoms with van der Waals surface area (Å²) in [4.78, 5) is 20.3. The Hall–Kier alpha value is -2.88. The third-order valence-corrected chi connectivity index (χ3v) is 5.82. The van der Waals surface area contributed by atoms with Crippen molar-refractivity contribution in [3.8, 4) is 11.3 Å². The van der Waals surface area contributed by atoms with E-state index in [-0.39, 0.29) is 5.91 Å². The summed E-state index contributed by atoms with van der Waals surface area (Å²) in [6, 6.07) is 16.6. The summed E-state index contributed by atoms with van der Waals surface area (Å²) >= 11 is 0. The number of H-pyrrole nitrogens is 1. The fraction of sp³-hybridized carbons (Fsp3) is 0.333. The number of aryl methyl sites for hydroxylation is 1. The van der Waals surface area contributed by atoms with Crippen molar-refractivity contribution in [1.29, 1.82) is 0 Å². The van der Waals surface area contributed by atoms with Crippen LogP contribution >= 0.6 is 0 Å². The first-order valence-electron chi connectivity index (χ1n) is 10.1. The molecule has 0 bridgehead atoms. The number of aromatic amines is 1. The van der Waals surface area contributed by atoms with Gasteiger partial charge in [0.05, 0.1) is 11.3 Å². The van der Waals surface area contributed by atoms with Crippen LogP contribution in [-0.2, 0) is 0 Å². The van der Waals surface area contributed by atoms with E-state index in [9.17, 15) is 4.79 Å². The molecule has 0 spiro atoms. The molecular formula is C24H27N3O. The predicted molar refractivity (Wildman–Crippen MR) is 112 cm³/mol. The maximum atomic E-state index is 12.8. The highest BCUT2D eigenvalue weighted by molar-refractivity contribution is 6.00. The van der Waals surface area contributed by atoms with E-state index in [1.807, 2.05) is 25.1 Å². The standard InChI is InChI=1S/C24H27N3O/c1-17-14-22(23(27-17)21-8-5-13-25-16-21)24(28)26-15-18-9-11-20(12-10-18)19-6-3-2-4-7-19/h2-8,13-14,16,18,20,27H,9-12,15H2,1H3,(H,26,28). The average Bonchev–Trinajstić information content (AvgIpc) is 3.15. The molecule has 3 aromatic rings. The molecule has 4 nitrogen and oxygen atoms in total. The molecule has 1 saturated carbocycles. The van der Waals surface area contributed by atoms with E-state index in [1.54, 1.807) is 12.4 Å². The largest absolute Gasteiger partial charge is 0.358 e. The smallest absolute Gasteiger partial charge is 0.253 e. The first-order valence-corrected chi connectivity index (χ1v) is 10.1. The number of carbonyl (C=O) groups excluding carboxylic acids is 1. The number of nitrogens with one attached hydrogen (secondary N) is 2. The molecule has 0 saturated heterocycles. The number of aromatic nitrogens is 2. The Balaban J connectivity index is 1.35. The molecule has 1 fully saturated rings. The lowest BCUT2D eigenvalue weighted by molar-refractivity contribution is 0.0943. The maximum Gasteiger partial charge on any atom is 0.253 e. The molecule has 2 aromatic heterocycles. The number of carbonyl (C=O) groups is 1. The zero-order chi connectivity index (χ0) is 19.3. The average molecular weight is 374 g/mol. The molecule has 4 rings (SSSR count). The van der Waals surface area contributed by atoms with Gasteiger partial charge in [0.2, 0.25) is 0 Å². The number of rotatable bonds is 5. The first kappa shape index (κ1) is 18.5. The molecule has 28 heavy (non-hydrogen) atoms. The number of amides is 1. The van der Waals surface area contributed by atoms with Crippen LogP contribution in [0.4, 0.5) is 0 Å². The Bertz CT molecular complexity index is 910. The van der Waals surface area contributed by atoms with Gasteiger partial charge in [0, 0.05) is 30.2 Å². The van der Waals surface area contributed by atoms with E-state index in [0.29, 0.717) is 17.4 Å². The van der Waals surface area contributed by atoms with E-state index in [1.165, 1.54) is 31.2 Å². The number of hydrogen-bond acceptors (Lipinski definition) is 2. The van der Waals surface area contributed by atoms with Gasteiger partial charge in [0.15, 0.2) is 0 Å². The van der Waals surface area contributed by atoms with Gasteiger partial charge in [-0.25, -0.2) is 0 Å². The van der Waals surface area contributed by atoms with Crippen LogP contribution in [0.3, 0.4) is 0 Å². The zero-order valence-corrected chi connectivity index (χ0v) is 16.3. The predicted octanol–water partition coefficient (Wildman–Crippen LogP) is 5.09. The summed E-state index contributed by atoms with van der Waals surface area (Å²) in [5.74, 6) is 1.22. The molecule has 2 heterocycles.